The lowest BCUT2D eigenvalue weighted by molar-refractivity contribution is 0.847. The van der Waals surface area contributed by atoms with Gasteiger partial charge in [-0.3, -0.25) is 0 Å². The molecule has 2 aromatic carbocycles. The number of rotatable bonds is 4. The second-order valence-corrected chi connectivity index (χ2v) is 7.88. The van der Waals surface area contributed by atoms with Crippen LogP contribution in [0.15, 0.2) is 60.8 Å². The zero-order valence-corrected chi connectivity index (χ0v) is 16.5. The van der Waals surface area contributed by atoms with Crippen LogP contribution in [0.5, 0.6) is 0 Å². The number of halogens is 1. The molecule has 2 unspecified atom stereocenters. The van der Waals surface area contributed by atoms with Crippen molar-refractivity contribution in [3.8, 4) is 11.1 Å². The molecule has 0 radical (unpaired) electrons. The molecule has 1 aliphatic rings. The number of hydrogen-bond acceptors (Lipinski definition) is 3. The Balaban J connectivity index is 1.61. The Morgan fingerprint density at radius 2 is 1.96 bits per heavy atom. The molecule has 1 aliphatic heterocycles. The minimum absolute atomic E-state index is 0.244. The highest BCUT2D eigenvalue weighted by Crippen LogP contribution is 2.40. The van der Waals surface area contributed by atoms with Crippen LogP contribution in [0.3, 0.4) is 0 Å². The number of aromatic amines is 1. The van der Waals surface area contributed by atoms with E-state index in [1.807, 2.05) is 6.07 Å². The fraction of sp³-hybridized carbons (Fsp3) is 0.238. The van der Waals surface area contributed by atoms with Crippen LogP contribution in [-0.2, 0) is 0 Å². The molecular formula is C21H23BrN4. The van der Waals surface area contributed by atoms with E-state index in [1.165, 1.54) is 16.7 Å². The summed E-state index contributed by atoms with van der Waals surface area (Å²) in [7, 11) is 2.10. The van der Waals surface area contributed by atoms with E-state index in [1.54, 1.807) is 0 Å². The van der Waals surface area contributed by atoms with Gasteiger partial charge in [0.25, 0.3) is 0 Å². The normalized spacial score (nSPS) is 17.3. The molecule has 0 bridgehead atoms. The lowest BCUT2D eigenvalue weighted by Crippen LogP contribution is -2.35. The number of nitrogens with one attached hydrogen (secondary N) is 3. The van der Waals surface area contributed by atoms with E-state index < -0.39 is 0 Å². The van der Waals surface area contributed by atoms with Crippen molar-refractivity contribution in [1.29, 1.82) is 0 Å². The number of anilines is 3. The highest BCUT2D eigenvalue weighted by Gasteiger charge is 2.24. The number of aromatic nitrogens is 1. The summed E-state index contributed by atoms with van der Waals surface area (Å²) in [5.74, 6) is 1.13. The quantitative estimate of drug-likeness (QED) is 0.396. The molecule has 2 atom stereocenters. The predicted octanol–water partition coefficient (Wildman–Crippen LogP) is 5.44. The van der Waals surface area contributed by atoms with Gasteiger partial charge < -0.3 is 20.5 Å². The van der Waals surface area contributed by atoms with E-state index in [-0.39, 0.29) is 11.0 Å². The first kappa shape index (κ1) is 17.0. The van der Waals surface area contributed by atoms with Crippen molar-refractivity contribution < 1.29 is 0 Å². The monoisotopic (exact) mass is 410 g/mol. The number of alkyl halides is 1. The second-order valence-electron chi connectivity index (χ2n) is 6.78. The maximum Gasteiger partial charge on any atom is 0.130 e. The summed E-state index contributed by atoms with van der Waals surface area (Å²) in [6.07, 6.45) is 2.08. The Morgan fingerprint density at radius 1 is 1.15 bits per heavy atom. The van der Waals surface area contributed by atoms with E-state index in [9.17, 15) is 0 Å². The summed E-state index contributed by atoms with van der Waals surface area (Å²) in [4.78, 5) is 5.88. The molecular weight excluding hydrogens is 388 g/mol. The van der Waals surface area contributed by atoms with E-state index in [2.05, 4.69) is 105 Å². The van der Waals surface area contributed by atoms with Gasteiger partial charge in [-0.15, -0.1) is 0 Å². The molecule has 3 aromatic rings. The Kier molecular flexibility index (Phi) is 4.64. The first-order valence-electron chi connectivity index (χ1n) is 8.87. The van der Waals surface area contributed by atoms with Crippen LogP contribution in [0.25, 0.3) is 11.1 Å². The summed E-state index contributed by atoms with van der Waals surface area (Å²) in [6.45, 7) is 3.11. The Bertz CT molecular complexity index is 890. The van der Waals surface area contributed by atoms with Crippen LogP contribution in [0.2, 0.25) is 0 Å². The van der Waals surface area contributed by atoms with Crippen LogP contribution in [0, 0.1) is 0 Å². The second kappa shape index (κ2) is 7.08. The Labute approximate surface area is 162 Å². The summed E-state index contributed by atoms with van der Waals surface area (Å²) in [6, 6.07) is 19.4. The molecule has 5 heteroatoms. The summed E-state index contributed by atoms with van der Waals surface area (Å²) >= 11 is 3.68. The Morgan fingerprint density at radius 3 is 2.77 bits per heavy atom. The zero-order chi connectivity index (χ0) is 18.1. The zero-order valence-electron chi connectivity index (χ0n) is 15.0. The molecule has 0 amide bonds. The SMILES string of the molecule is CC(Nc1cccc(-c2c[nH]c3c2NC(Br)CN3C)c1)c1ccccc1. The lowest BCUT2D eigenvalue weighted by Gasteiger charge is -2.30. The van der Waals surface area contributed by atoms with Gasteiger partial charge in [0.1, 0.15) is 5.82 Å². The molecule has 0 fully saturated rings. The first-order valence-corrected chi connectivity index (χ1v) is 9.78. The van der Waals surface area contributed by atoms with Crippen LogP contribution in [-0.4, -0.2) is 23.5 Å². The average Bonchev–Trinajstić information content (AvgIpc) is 3.07. The molecule has 0 saturated carbocycles. The molecule has 4 nitrogen and oxygen atoms in total. The van der Waals surface area contributed by atoms with Gasteiger partial charge in [-0.1, -0.05) is 58.4 Å². The molecule has 134 valence electrons. The third-order valence-electron chi connectivity index (χ3n) is 4.83. The van der Waals surface area contributed by atoms with E-state index in [0.717, 1.165) is 23.7 Å². The maximum atomic E-state index is 3.68. The van der Waals surface area contributed by atoms with Gasteiger partial charge in [0.05, 0.1) is 10.6 Å². The topological polar surface area (TPSA) is 43.1 Å². The van der Waals surface area contributed by atoms with Crippen molar-refractivity contribution in [3.05, 3.63) is 66.4 Å². The van der Waals surface area contributed by atoms with Crippen molar-refractivity contribution in [2.75, 3.05) is 29.1 Å². The number of benzene rings is 2. The molecule has 26 heavy (non-hydrogen) atoms. The van der Waals surface area contributed by atoms with Crippen molar-refractivity contribution in [2.24, 2.45) is 0 Å². The highest BCUT2D eigenvalue weighted by molar-refractivity contribution is 9.09. The Hall–Kier alpha value is -2.40. The van der Waals surface area contributed by atoms with Gasteiger partial charge in [0, 0.05) is 37.1 Å². The van der Waals surface area contributed by atoms with Gasteiger partial charge in [0.2, 0.25) is 0 Å². The van der Waals surface area contributed by atoms with E-state index in [4.69, 9.17) is 0 Å². The predicted molar refractivity (Wildman–Crippen MR) is 114 cm³/mol. The first-order chi connectivity index (χ1) is 12.6. The summed E-state index contributed by atoms with van der Waals surface area (Å²) in [5, 5.41) is 7.15. The van der Waals surface area contributed by atoms with Gasteiger partial charge >= 0.3 is 0 Å². The van der Waals surface area contributed by atoms with Crippen molar-refractivity contribution in [2.45, 2.75) is 17.9 Å². The van der Waals surface area contributed by atoms with Gasteiger partial charge in [-0.25, -0.2) is 0 Å². The van der Waals surface area contributed by atoms with E-state index >= 15 is 0 Å². The molecule has 1 aromatic heterocycles. The van der Waals surface area contributed by atoms with Crippen LogP contribution < -0.4 is 15.5 Å². The standard InChI is InChI=1S/C21H23BrN4/c1-14(15-7-4-3-5-8-15)24-17-10-6-9-16(11-17)18-12-23-21-20(18)25-19(22)13-26(21)2/h3-12,14,19,23-25H,13H2,1-2H3. The number of nitrogens with zero attached hydrogens (tertiary/aromatic N) is 1. The largest absolute Gasteiger partial charge is 0.379 e. The van der Waals surface area contributed by atoms with Gasteiger partial charge in [-0.2, -0.15) is 0 Å². The highest BCUT2D eigenvalue weighted by atomic mass is 79.9. The summed E-state index contributed by atoms with van der Waals surface area (Å²) in [5.41, 5.74) is 5.92. The molecule has 0 spiro atoms. The third-order valence-corrected chi connectivity index (χ3v) is 5.35. The van der Waals surface area contributed by atoms with Gasteiger partial charge in [0.15, 0.2) is 0 Å². The molecule has 0 aliphatic carbocycles. The minimum Gasteiger partial charge on any atom is -0.379 e. The number of likely N-dealkylation sites (N-methyl/N-ethyl adjacent to an activating group) is 1. The van der Waals surface area contributed by atoms with Crippen LogP contribution in [0.1, 0.15) is 18.5 Å². The molecule has 4 rings (SSSR count). The molecule has 3 N–H and O–H groups in total. The lowest BCUT2D eigenvalue weighted by atomic mass is 10.0. The maximum absolute atomic E-state index is 3.68. The average molecular weight is 411 g/mol. The number of H-pyrrole nitrogens is 1. The molecule has 2 heterocycles. The summed E-state index contributed by atoms with van der Waals surface area (Å²) < 4.78 is 0. The smallest absolute Gasteiger partial charge is 0.130 e. The van der Waals surface area contributed by atoms with Crippen molar-refractivity contribution in [3.63, 3.8) is 0 Å². The fourth-order valence-electron chi connectivity index (χ4n) is 3.47. The van der Waals surface area contributed by atoms with Crippen LogP contribution in [0.4, 0.5) is 17.2 Å². The minimum atomic E-state index is 0.244. The molecule has 0 saturated heterocycles. The van der Waals surface area contributed by atoms with Gasteiger partial charge in [-0.05, 0) is 30.2 Å². The number of hydrogen-bond donors (Lipinski definition) is 3. The van der Waals surface area contributed by atoms with Crippen molar-refractivity contribution >= 4 is 33.1 Å². The van der Waals surface area contributed by atoms with E-state index in [0.29, 0.717) is 0 Å². The fourth-order valence-corrected chi connectivity index (χ4v) is 4.14. The van der Waals surface area contributed by atoms with Crippen molar-refractivity contribution in [1.82, 2.24) is 4.98 Å². The van der Waals surface area contributed by atoms with Crippen LogP contribution >= 0.6 is 15.9 Å². The third kappa shape index (κ3) is 3.31. The number of fused-ring (bicyclic) bond motifs is 1.